The van der Waals surface area contributed by atoms with Crippen LogP contribution in [0.5, 0.6) is 0 Å². The number of phosphoric acid groups is 2. The van der Waals surface area contributed by atoms with Gasteiger partial charge < -0.3 is 33.8 Å². The lowest BCUT2D eigenvalue weighted by Gasteiger charge is -2.21. The molecule has 3 N–H and O–H groups in total. The number of carbonyl (C=O) groups is 4. The molecule has 0 aromatic carbocycles. The van der Waals surface area contributed by atoms with Crippen LogP contribution in [0.2, 0.25) is 0 Å². The van der Waals surface area contributed by atoms with Crippen LogP contribution < -0.4 is 0 Å². The van der Waals surface area contributed by atoms with E-state index in [4.69, 9.17) is 37.0 Å². The number of hydrogen-bond donors (Lipinski definition) is 3. The van der Waals surface area contributed by atoms with E-state index in [1.54, 1.807) is 0 Å². The minimum absolute atomic E-state index is 0.106. The molecular weight excluding hydrogens is 1250 g/mol. The van der Waals surface area contributed by atoms with E-state index in [1.807, 2.05) is 0 Å². The number of rotatable bonds is 74. The van der Waals surface area contributed by atoms with E-state index in [0.29, 0.717) is 31.6 Å². The Morgan fingerprint density at radius 2 is 0.484 bits per heavy atom. The zero-order valence-electron chi connectivity index (χ0n) is 62.1. The predicted molar refractivity (Wildman–Crippen MR) is 386 cm³/mol. The summed E-state index contributed by atoms with van der Waals surface area (Å²) >= 11 is 0. The van der Waals surface area contributed by atoms with Crippen molar-refractivity contribution in [3.63, 3.8) is 0 Å². The number of aliphatic hydroxyl groups excluding tert-OH is 1. The number of hydrogen-bond acceptors (Lipinski definition) is 15. The Labute approximate surface area is 581 Å². The summed E-state index contributed by atoms with van der Waals surface area (Å²) in [6.45, 7) is 11.9. The molecule has 0 spiro atoms. The van der Waals surface area contributed by atoms with Crippen LogP contribution in [0.4, 0.5) is 0 Å². The molecule has 17 nitrogen and oxygen atoms in total. The summed E-state index contributed by atoms with van der Waals surface area (Å²) in [5.41, 5.74) is 0. The molecule has 0 fully saturated rings. The molecule has 0 aliphatic heterocycles. The normalized spacial score (nSPS) is 14.1. The van der Waals surface area contributed by atoms with Gasteiger partial charge in [0, 0.05) is 25.7 Å². The molecule has 0 aromatic heterocycles. The molecule has 0 amide bonds. The monoisotopic (exact) mass is 1400 g/mol. The first-order chi connectivity index (χ1) is 45.7. The molecule has 0 rings (SSSR count). The standard InChI is InChI=1S/C76H148O17P2/c1-8-9-10-11-12-13-14-15-16-17-18-19-24-30-37-45-52-59-75(80)92-71(63-86-73(78)57-50-43-36-29-25-20-22-27-33-40-47-54-67(2)3)65-90-94(82,83)88-61-70(77)62-89-95(84,85)91-66-72(64-87-74(79)58-51-44-39-32-35-42-49-56-69(6)7)93-76(81)60-53-46-38-31-26-21-23-28-34-41-48-55-68(4)5/h67-72,77H,8-66H2,1-7H3,(H,82,83)(H,84,85)/t70-,71-,72-/m1/s1. The molecule has 0 bridgehead atoms. The molecule has 564 valence electrons. The van der Waals surface area contributed by atoms with Crippen molar-refractivity contribution in [3.8, 4) is 0 Å². The Bertz CT molecular complexity index is 1850. The number of unbranched alkanes of at least 4 members (excludes halogenated alkanes) is 42. The molecule has 95 heavy (non-hydrogen) atoms. The van der Waals surface area contributed by atoms with E-state index in [9.17, 15) is 43.2 Å². The van der Waals surface area contributed by atoms with Crippen LogP contribution in [0.3, 0.4) is 0 Å². The molecule has 0 aliphatic carbocycles. The Morgan fingerprint density at radius 3 is 0.716 bits per heavy atom. The van der Waals surface area contributed by atoms with Crippen LogP contribution in [0.15, 0.2) is 0 Å². The van der Waals surface area contributed by atoms with E-state index in [1.165, 1.54) is 193 Å². The zero-order chi connectivity index (χ0) is 70.1. The van der Waals surface area contributed by atoms with Gasteiger partial charge in [-0.1, -0.05) is 337 Å². The highest BCUT2D eigenvalue weighted by Crippen LogP contribution is 2.45. The van der Waals surface area contributed by atoms with Crippen LogP contribution in [0.25, 0.3) is 0 Å². The summed E-state index contributed by atoms with van der Waals surface area (Å²) < 4.78 is 68.5. The molecule has 0 saturated heterocycles. The average Bonchev–Trinajstić information content (AvgIpc) is 2.32. The molecule has 0 saturated carbocycles. The summed E-state index contributed by atoms with van der Waals surface area (Å²) in [6.07, 6.45) is 52.7. The van der Waals surface area contributed by atoms with Gasteiger partial charge in [0.05, 0.1) is 26.4 Å². The van der Waals surface area contributed by atoms with Crippen molar-refractivity contribution in [1.82, 2.24) is 0 Å². The van der Waals surface area contributed by atoms with Gasteiger partial charge in [-0.3, -0.25) is 37.3 Å². The van der Waals surface area contributed by atoms with Crippen molar-refractivity contribution >= 4 is 39.5 Å². The van der Waals surface area contributed by atoms with Crippen LogP contribution in [-0.2, 0) is 65.4 Å². The minimum atomic E-state index is -4.96. The molecule has 2 unspecified atom stereocenters. The SMILES string of the molecule is CCCCCCCCCCCCCCCCCCCC(=O)O[C@H](COC(=O)CCCCCCCCCCCCCC(C)C)COP(=O)(O)OC[C@@H](O)COP(=O)(O)OC[C@@H](COC(=O)CCCCCCCCCC(C)C)OC(=O)CCCCCCCCCCCCCC(C)C. The molecule has 0 heterocycles. The van der Waals surface area contributed by atoms with Gasteiger partial charge >= 0.3 is 39.5 Å². The number of aliphatic hydroxyl groups is 1. The maximum absolute atomic E-state index is 13.1. The van der Waals surface area contributed by atoms with Gasteiger partial charge in [-0.2, -0.15) is 0 Å². The van der Waals surface area contributed by atoms with Gasteiger partial charge in [-0.05, 0) is 43.4 Å². The highest BCUT2D eigenvalue weighted by atomic mass is 31.2. The maximum atomic E-state index is 13.1. The van der Waals surface area contributed by atoms with E-state index in [2.05, 4.69) is 48.5 Å². The van der Waals surface area contributed by atoms with E-state index < -0.39 is 97.5 Å². The third-order valence-corrected chi connectivity index (χ3v) is 19.5. The van der Waals surface area contributed by atoms with Crippen molar-refractivity contribution < 1.29 is 80.2 Å². The highest BCUT2D eigenvalue weighted by molar-refractivity contribution is 7.47. The van der Waals surface area contributed by atoms with Gasteiger partial charge in [0.15, 0.2) is 12.2 Å². The Balaban J connectivity index is 5.25. The van der Waals surface area contributed by atoms with Crippen LogP contribution in [-0.4, -0.2) is 96.7 Å². The van der Waals surface area contributed by atoms with Gasteiger partial charge in [0.1, 0.15) is 19.3 Å². The third-order valence-electron chi connectivity index (χ3n) is 17.6. The Hall–Kier alpha value is -1.94. The molecule has 0 radical (unpaired) electrons. The van der Waals surface area contributed by atoms with Crippen LogP contribution in [0, 0.1) is 17.8 Å². The largest absolute Gasteiger partial charge is 0.472 e. The fourth-order valence-corrected chi connectivity index (χ4v) is 13.2. The first-order valence-corrected chi connectivity index (χ1v) is 42.3. The van der Waals surface area contributed by atoms with Crippen LogP contribution >= 0.6 is 15.6 Å². The second-order valence-corrected chi connectivity index (χ2v) is 31.7. The summed E-state index contributed by atoms with van der Waals surface area (Å²) in [6, 6.07) is 0. The highest BCUT2D eigenvalue weighted by Gasteiger charge is 2.30. The first-order valence-electron chi connectivity index (χ1n) is 39.3. The van der Waals surface area contributed by atoms with Gasteiger partial charge in [-0.15, -0.1) is 0 Å². The third kappa shape index (κ3) is 70.3. The minimum Gasteiger partial charge on any atom is -0.462 e. The number of phosphoric ester groups is 2. The first kappa shape index (κ1) is 93.1. The predicted octanol–water partition coefficient (Wildman–Crippen LogP) is 22.2. The lowest BCUT2D eigenvalue weighted by Crippen LogP contribution is -2.30. The number of esters is 4. The van der Waals surface area contributed by atoms with E-state index in [0.717, 1.165) is 108 Å². The smallest absolute Gasteiger partial charge is 0.462 e. The van der Waals surface area contributed by atoms with Crippen molar-refractivity contribution in [2.24, 2.45) is 17.8 Å². The summed E-state index contributed by atoms with van der Waals surface area (Å²) in [5, 5.41) is 10.6. The number of ether oxygens (including phenoxy) is 4. The molecule has 0 aromatic rings. The van der Waals surface area contributed by atoms with Gasteiger partial charge in [-0.25, -0.2) is 9.13 Å². The topological polar surface area (TPSA) is 237 Å². The molecule has 5 atom stereocenters. The second-order valence-electron chi connectivity index (χ2n) is 28.8. The van der Waals surface area contributed by atoms with E-state index >= 15 is 0 Å². The average molecular weight is 1400 g/mol. The van der Waals surface area contributed by atoms with Gasteiger partial charge in [0.2, 0.25) is 0 Å². The number of carbonyl (C=O) groups excluding carboxylic acids is 4. The lowest BCUT2D eigenvalue weighted by atomic mass is 10.0. The van der Waals surface area contributed by atoms with Crippen molar-refractivity contribution in [1.29, 1.82) is 0 Å². The van der Waals surface area contributed by atoms with E-state index in [-0.39, 0.29) is 25.7 Å². The summed E-state index contributed by atoms with van der Waals surface area (Å²) in [4.78, 5) is 72.8. The van der Waals surface area contributed by atoms with Crippen molar-refractivity contribution in [3.05, 3.63) is 0 Å². The van der Waals surface area contributed by atoms with Crippen molar-refractivity contribution in [2.75, 3.05) is 39.6 Å². The zero-order valence-corrected chi connectivity index (χ0v) is 63.9. The fraction of sp³-hybridized carbons (Fsp3) is 0.947. The summed E-state index contributed by atoms with van der Waals surface area (Å²) in [5.74, 6) is 0.124. The fourth-order valence-electron chi connectivity index (χ4n) is 11.6. The Kier molecular flexibility index (Phi) is 65.2. The Morgan fingerprint density at radius 1 is 0.284 bits per heavy atom. The molecule has 0 aliphatic rings. The second kappa shape index (κ2) is 66.6. The molecule has 19 heteroatoms. The summed E-state index contributed by atoms with van der Waals surface area (Å²) in [7, 11) is -9.91. The maximum Gasteiger partial charge on any atom is 0.472 e. The quantitative estimate of drug-likeness (QED) is 0.0222. The lowest BCUT2D eigenvalue weighted by molar-refractivity contribution is -0.161. The van der Waals surface area contributed by atoms with Crippen molar-refractivity contribution in [2.45, 2.75) is 407 Å². The van der Waals surface area contributed by atoms with Gasteiger partial charge in [0.25, 0.3) is 0 Å². The van der Waals surface area contributed by atoms with Crippen LogP contribution in [0.1, 0.15) is 389 Å². The molecular formula is C76H148O17P2.